The molecule has 2 heterocycles. The Morgan fingerprint density at radius 3 is 2.07 bits per heavy atom. The first-order chi connectivity index (χ1) is 13.7. The second kappa shape index (κ2) is 10.7. The highest BCUT2D eigenvalue weighted by atomic mass is 35.5. The van der Waals surface area contributed by atoms with Crippen molar-refractivity contribution in [2.24, 2.45) is 0 Å². The normalized spacial score (nSPS) is 17.8. The van der Waals surface area contributed by atoms with Crippen molar-refractivity contribution in [2.75, 3.05) is 45.4 Å². The van der Waals surface area contributed by atoms with Crippen molar-refractivity contribution in [3.63, 3.8) is 0 Å². The summed E-state index contributed by atoms with van der Waals surface area (Å²) in [7, 11) is 0. The topological polar surface area (TPSA) is 95.1 Å². The van der Waals surface area contributed by atoms with Crippen molar-refractivity contribution >= 4 is 23.4 Å². The van der Waals surface area contributed by atoms with Gasteiger partial charge in [0, 0.05) is 30.6 Å². The second-order valence-corrected chi connectivity index (χ2v) is 6.71. The van der Waals surface area contributed by atoms with Gasteiger partial charge in [0.25, 0.3) is 0 Å². The molecule has 8 nitrogen and oxygen atoms in total. The van der Waals surface area contributed by atoms with Gasteiger partial charge in [0.2, 0.25) is 11.8 Å². The lowest BCUT2D eigenvalue weighted by Gasteiger charge is -2.19. The second-order valence-electron chi connectivity index (χ2n) is 6.44. The van der Waals surface area contributed by atoms with E-state index < -0.39 is 12.6 Å². The van der Waals surface area contributed by atoms with Crippen molar-refractivity contribution in [2.45, 2.75) is 25.4 Å². The molecule has 9 heteroatoms. The average Bonchev–Trinajstić information content (AvgIpc) is 3.43. The molecule has 0 bridgehead atoms. The molecule has 1 aromatic carbocycles. The number of hydrogen-bond donors (Lipinski definition) is 2. The van der Waals surface area contributed by atoms with Crippen LogP contribution < -0.4 is 10.6 Å². The molecule has 154 valence electrons. The van der Waals surface area contributed by atoms with Crippen molar-refractivity contribution in [3.8, 4) is 0 Å². The molecule has 0 atom stereocenters. The van der Waals surface area contributed by atoms with Gasteiger partial charge in [0.1, 0.15) is 5.88 Å². The zero-order valence-corrected chi connectivity index (χ0v) is 16.3. The molecule has 2 amide bonds. The van der Waals surface area contributed by atoms with Crippen LogP contribution in [0.5, 0.6) is 0 Å². The van der Waals surface area contributed by atoms with Crippen molar-refractivity contribution in [1.82, 2.24) is 10.6 Å². The largest absolute Gasteiger partial charge is 0.354 e. The van der Waals surface area contributed by atoms with E-state index in [0.29, 0.717) is 52.4 Å². The minimum absolute atomic E-state index is 0.0819. The molecule has 2 saturated heterocycles. The summed E-state index contributed by atoms with van der Waals surface area (Å²) in [6.45, 7) is 2.93. The van der Waals surface area contributed by atoms with Crippen LogP contribution in [0, 0.1) is 0 Å². The van der Waals surface area contributed by atoms with Gasteiger partial charge in [0.15, 0.2) is 12.6 Å². The molecule has 2 fully saturated rings. The van der Waals surface area contributed by atoms with Crippen LogP contribution in [0.2, 0.25) is 0 Å². The van der Waals surface area contributed by atoms with Gasteiger partial charge in [-0.25, -0.2) is 0 Å². The molecule has 0 unspecified atom stereocenters. The predicted octanol–water partition coefficient (Wildman–Crippen LogP) is 1.18. The lowest BCUT2D eigenvalue weighted by atomic mass is 10.00. The minimum Gasteiger partial charge on any atom is -0.354 e. The van der Waals surface area contributed by atoms with E-state index in [2.05, 4.69) is 10.6 Å². The highest BCUT2D eigenvalue weighted by molar-refractivity contribution is 6.27. The zero-order valence-electron chi connectivity index (χ0n) is 15.6. The summed E-state index contributed by atoms with van der Waals surface area (Å²) < 4.78 is 22.6. The number of amides is 2. The Balaban J connectivity index is 1.54. The molecule has 0 spiro atoms. The Kier molecular flexibility index (Phi) is 8.05. The number of benzene rings is 1. The lowest BCUT2D eigenvalue weighted by molar-refractivity contribution is -0.122. The van der Waals surface area contributed by atoms with Crippen LogP contribution in [0.1, 0.15) is 35.7 Å². The molecule has 3 rings (SSSR count). The number of carbonyl (C=O) groups excluding carboxylic acids is 2. The van der Waals surface area contributed by atoms with Crippen LogP contribution >= 0.6 is 11.6 Å². The molecule has 0 saturated carbocycles. The number of hydrogen-bond acceptors (Lipinski definition) is 6. The lowest BCUT2D eigenvalue weighted by Crippen LogP contribution is -2.35. The minimum atomic E-state index is -0.442. The third kappa shape index (κ3) is 5.89. The summed E-state index contributed by atoms with van der Waals surface area (Å²) in [6, 6.07) is 5.91. The SMILES string of the molecule is O=C(CCl)NCCNC(=O)CCc1ccc(C2OCCO2)c(C2OCCO2)c1. The highest BCUT2D eigenvalue weighted by Gasteiger charge is 2.28. The quantitative estimate of drug-likeness (QED) is 0.467. The van der Waals surface area contributed by atoms with Gasteiger partial charge in [-0.3, -0.25) is 9.59 Å². The van der Waals surface area contributed by atoms with E-state index in [0.717, 1.165) is 16.7 Å². The molecule has 2 N–H and O–H groups in total. The van der Waals surface area contributed by atoms with E-state index in [4.69, 9.17) is 30.5 Å². The van der Waals surface area contributed by atoms with E-state index in [1.54, 1.807) is 0 Å². The summed E-state index contributed by atoms with van der Waals surface area (Å²) >= 11 is 5.39. The van der Waals surface area contributed by atoms with Crippen LogP contribution in [0.15, 0.2) is 18.2 Å². The Bertz CT molecular complexity index is 674. The number of aryl methyl sites for hydroxylation is 1. The number of halogens is 1. The fourth-order valence-corrected chi connectivity index (χ4v) is 3.17. The molecular weight excluding hydrogens is 388 g/mol. The number of nitrogens with one attached hydrogen (secondary N) is 2. The first-order valence-electron chi connectivity index (χ1n) is 9.36. The van der Waals surface area contributed by atoms with E-state index in [-0.39, 0.29) is 17.7 Å². The predicted molar refractivity (Wildman–Crippen MR) is 101 cm³/mol. The van der Waals surface area contributed by atoms with Crippen LogP contribution in [0.25, 0.3) is 0 Å². The Morgan fingerprint density at radius 1 is 0.893 bits per heavy atom. The van der Waals surface area contributed by atoms with Gasteiger partial charge in [-0.2, -0.15) is 0 Å². The molecular formula is C19H25ClN2O6. The summed E-state index contributed by atoms with van der Waals surface area (Å²) in [6.07, 6.45) is 0.0579. The maximum absolute atomic E-state index is 12.0. The molecule has 28 heavy (non-hydrogen) atoms. The summed E-state index contributed by atoms with van der Waals surface area (Å²) in [5.74, 6) is -0.422. The monoisotopic (exact) mass is 412 g/mol. The Hall–Kier alpha value is -1.71. The van der Waals surface area contributed by atoms with E-state index in [1.165, 1.54) is 0 Å². The Morgan fingerprint density at radius 2 is 1.46 bits per heavy atom. The van der Waals surface area contributed by atoms with Crippen LogP contribution in [0.4, 0.5) is 0 Å². The number of rotatable bonds is 9. The standard InChI is InChI=1S/C19H25ClN2O6/c20-12-17(24)22-6-5-21-16(23)4-2-13-1-3-14(18-25-7-8-26-18)15(11-13)19-27-9-10-28-19/h1,3,11,18-19H,2,4-10,12H2,(H,21,23)(H,22,24). The number of alkyl halides is 1. The van der Waals surface area contributed by atoms with Crippen molar-refractivity contribution in [1.29, 1.82) is 0 Å². The van der Waals surface area contributed by atoms with E-state index in [1.807, 2.05) is 18.2 Å². The molecule has 0 aromatic heterocycles. The van der Waals surface area contributed by atoms with Gasteiger partial charge >= 0.3 is 0 Å². The van der Waals surface area contributed by atoms with Gasteiger partial charge in [0.05, 0.1) is 26.4 Å². The third-order valence-electron chi connectivity index (χ3n) is 4.43. The first-order valence-corrected chi connectivity index (χ1v) is 9.89. The molecule has 0 aliphatic carbocycles. The van der Waals surface area contributed by atoms with Crippen LogP contribution in [0.3, 0.4) is 0 Å². The molecule has 1 aromatic rings. The van der Waals surface area contributed by atoms with Crippen LogP contribution in [-0.4, -0.2) is 57.2 Å². The smallest absolute Gasteiger partial charge is 0.234 e. The Labute approximate surface area is 168 Å². The fourth-order valence-electron chi connectivity index (χ4n) is 3.07. The maximum atomic E-state index is 12.0. The summed E-state index contributed by atoms with van der Waals surface area (Å²) in [5, 5.41) is 5.37. The van der Waals surface area contributed by atoms with Crippen LogP contribution in [-0.2, 0) is 35.0 Å². The van der Waals surface area contributed by atoms with Gasteiger partial charge in [-0.05, 0) is 12.0 Å². The highest BCUT2D eigenvalue weighted by Crippen LogP contribution is 2.34. The first kappa shape index (κ1) is 21.0. The molecule has 0 radical (unpaired) electrons. The average molecular weight is 413 g/mol. The van der Waals surface area contributed by atoms with Gasteiger partial charge < -0.3 is 29.6 Å². The third-order valence-corrected chi connectivity index (χ3v) is 4.68. The number of carbonyl (C=O) groups is 2. The van der Waals surface area contributed by atoms with E-state index in [9.17, 15) is 9.59 Å². The number of ether oxygens (including phenoxy) is 4. The summed E-state index contributed by atoms with van der Waals surface area (Å²) in [5.41, 5.74) is 2.78. The maximum Gasteiger partial charge on any atom is 0.234 e. The van der Waals surface area contributed by atoms with Gasteiger partial charge in [-0.1, -0.05) is 18.2 Å². The van der Waals surface area contributed by atoms with E-state index >= 15 is 0 Å². The zero-order chi connectivity index (χ0) is 19.8. The van der Waals surface area contributed by atoms with Gasteiger partial charge in [-0.15, -0.1) is 11.6 Å². The fraction of sp³-hybridized carbons (Fsp3) is 0.579. The molecule has 2 aliphatic rings. The molecule has 2 aliphatic heterocycles. The van der Waals surface area contributed by atoms with Crippen molar-refractivity contribution < 1.29 is 28.5 Å². The summed E-state index contributed by atoms with van der Waals surface area (Å²) in [4.78, 5) is 23.0. The van der Waals surface area contributed by atoms with Crippen molar-refractivity contribution in [3.05, 3.63) is 34.9 Å².